The lowest BCUT2D eigenvalue weighted by Gasteiger charge is -1.93. The van der Waals surface area contributed by atoms with Crippen LogP contribution in [0.5, 0.6) is 0 Å². The number of hydrogen-bond donors (Lipinski definition) is 2. The first-order chi connectivity index (χ1) is 6.75. The van der Waals surface area contributed by atoms with E-state index in [1.165, 1.54) is 0 Å². The number of H-pyrrole nitrogens is 1. The fourth-order valence-electron chi connectivity index (χ4n) is 1.34. The highest BCUT2D eigenvalue weighted by Gasteiger charge is 1.94. The van der Waals surface area contributed by atoms with Crippen molar-refractivity contribution < 1.29 is 9.90 Å². The number of fused-ring (bicyclic) bond motifs is 1. The zero-order valence-electron chi connectivity index (χ0n) is 7.40. The van der Waals surface area contributed by atoms with E-state index in [0.717, 1.165) is 22.5 Å². The smallest absolute Gasteiger partial charge is 0.328 e. The molecule has 14 heavy (non-hydrogen) atoms. The SMILES string of the molecule is O=C(O)C=Cc1ccc2cc[nH]c2c1. The third-order valence-electron chi connectivity index (χ3n) is 2.00. The number of hydrogen-bond acceptors (Lipinski definition) is 1. The van der Waals surface area contributed by atoms with Crippen LogP contribution in [0.3, 0.4) is 0 Å². The number of rotatable bonds is 2. The van der Waals surface area contributed by atoms with Gasteiger partial charge in [-0.3, -0.25) is 0 Å². The van der Waals surface area contributed by atoms with E-state index in [2.05, 4.69) is 4.98 Å². The number of carboxylic acids is 1. The highest BCUT2D eigenvalue weighted by atomic mass is 16.4. The van der Waals surface area contributed by atoms with E-state index in [1.807, 2.05) is 30.5 Å². The van der Waals surface area contributed by atoms with Gasteiger partial charge in [-0.1, -0.05) is 12.1 Å². The average molecular weight is 187 g/mol. The van der Waals surface area contributed by atoms with Crippen molar-refractivity contribution in [2.24, 2.45) is 0 Å². The van der Waals surface area contributed by atoms with Gasteiger partial charge in [0, 0.05) is 17.8 Å². The van der Waals surface area contributed by atoms with E-state index < -0.39 is 5.97 Å². The molecule has 3 heteroatoms. The Kier molecular flexibility index (Phi) is 2.07. The van der Waals surface area contributed by atoms with E-state index in [1.54, 1.807) is 6.08 Å². The molecule has 1 heterocycles. The van der Waals surface area contributed by atoms with Gasteiger partial charge < -0.3 is 10.1 Å². The fraction of sp³-hybridized carbons (Fsp3) is 0. The van der Waals surface area contributed by atoms with Crippen LogP contribution in [0.15, 0.2) is 36.5 Å². The molecular formula is C11H9NO2. The number of benzene rings is 1. The quantitative estimate of drug-likeness (QED) is 0.708. The predicted octanol–water partition coefficient (Wildman–Crippen LogP) is 2.27. The van der Waals surface area contributed by atoms with Gasteiger partial charge in [-0.25, -0.2) is 4.79 Å². The maximum atomic E-state index is 10.3. The summed E-state index contributed by atoms with van der Waals surface area (Å²) in [4.78, 5) is 13.4. The zero-order chi connectivity index (χ0) is 9.97. The van der Waals surface area contributed by atoms with Crippen molar-refractivity contribution in [3.63, 3.8) is 0 Å². The van der Waals surface area contributed by atoms with Crippen LogP contribution in [0.25, 0.3) is 17.0 Å². The summed E-state index contributed by atoms with van der Waals surface area (Å²) in [6, 6.07) is 7.72. The predicted molar refractivity (Wildman–Crippen MR) is 55.0 cm³/mol. The number of aromatic amines is 1. The molecule has 0 fully saturated rings. The molecule has 0 amide bonds. The summed E-state index contributed by atoms with van der Waals surface area (Å²) in [7, 11) is 0. The molecule has 70 valence electrons. The zero-order valence-corrected chi connectivity index (χ0v) is 7.40. The van der Waals surface area contributed by atoms with Gasteiger partial charge in [-0.15, -0.1) is 0 Å². The van der Waals surface area contributed by atoms with Gasteiger partial charge in [0.2, 0.25) is 0 Å². The first kappa shape index (κ1) is 8.56. The van der Waals surface area contributed by atoms with Crippen molar-refractivity contribution in [1.29, 1.82) is 0 Å². The summed E-state index contributed by atoms with van der Waals surface area (Å²) in [6.45, 7) is 0. The molecule has 2 aromatic rings. The maximum Gasteiger partial charge on any atom is 0.328 e. The second kappa shape index (κ2) is 3.38. The van der Waals surface area contributed by atoms with Gasteiger partial charge in [0.25, 0.3) is 0 Å². The topological polar surface area (TPSA) is 53.1 Å². The minimum absolute atomic E-state index is 0.877. The number of nitrogens with one attached hydrogen (secondary N) is 1. The molecule has 2 N–H and O–H groups in total. The van der Waals surface area contributed by atoms with Crippen molar-refractivity contribution >= 4 is 22.9 Å². The van der Waals surface area contributed by atoms with Crippen molar-refractivity contribution in [3.05, 3.63) is 42.1 Å². The summed E-state index contributed by atoms with van der Waals surface area (Å²) in [5, 5.41) is 9.58. The molecule has 0 aliphatic carbocycles. The van der Waals surface area contributed by atoms with E-state index in [-0.39, 0.29) is 0 Å². The van der Waals surface area contributed by atoms with Gasteiger partial charge in [0.15, 0.2) is 0 Å². The molecule has 0 aliphatic heterocycles. The normalized spacial score (nSPS) is 11.1. The Bertz CT molecular complexity index is 497. The standard InChI is InChI=1S/C11H9NO2/c13-11(14)4-2-8-1-3-9-5-6-12-10(9)7-8/h1-7,12H,(H,13,14). The lowest BCUT2D eigenvalue weighted by molar-refractivity contribution is -0.131. The Morgan fingerprint density at radius 3 is 3.00 bits per heavy atom. The van der Waals surface area contributed by atoms with Crippen LogP contribution in [0.2, 0.25) is 0 Å². The molecule has 0 aliphatic rings. The molecular weight excluding hydrogens is 178 g/mol. The first-order valence-corrected chi connectivity index (χ1v) is 4.24. The Morgan fingerprint density at radius 1 is 1.36 bits per heavy atom. The van der Waals surface area contributed by atoms with Crippen LogP contribution in [0.4, 0.5) is 0 Å². The summed E-state index contributed by atoms with van der Waals surface area (Å²) < 4.78 is 0. The minimum atomic E-state index is -0.934. The number of carboxylic acid groups (broad SMARTS) is 1. The second-order valence-corrected chi connectivity index (χ2v) is 3.00. The van der Waals surface area contributed by atoms with Gasteiger partial charge in [-0.05, 0) is 29.2 Å². The molecule has 2 rings (SSSR count). The summed E-state index contributed by atoms with van der Waals surface area (Å²) in [5.74, 6) is -0.934. The van der Waals surface area contributed by atoms with Crippen molar-refractivity contribution in [1.82, 2.24) is 4.98 Å². The minimum Gasteiger partial charge on any atom is -0.478 e. The monoisotopic (exact) mass is 187 g/mol. The number of aliphatic carboxylic acids is 1. The Labute approximate surface area is 80.7 Å². The van der Waals surface area contributed by atoms with Crippen molar-refractivity contribution in [2.75, 3.05) is 0 Å². The molecule has 0 atom stereocenters. The Balaban J connectivity index is 2.39. The van der Waals surface area contributed by atoms with E-state index in [4.69, 9.17) is 5.11 Å². The summed E-state index contributed by atoms with van der Waals surface area (Å²) >= 11 is 0. The van der Waals surface area contributed by atoms with E-state index in [9.17, 15) is 4.79 Å². The van der Waals surface area contributed by atoms with Crippen LogP contribution in [0.1, 0.15) is 5.56 Å². The number of carbonyl (C=O) groups is 1. The van der Waals surface area contributed by atoms with Gasteiger partial charge in [0.1, 0.15) is 0 Å². The fourth-order valence-corrected chi connectivity index (χ4v) is 1.34. The lowest BCUT2D eigenvalue weighted by Crippen LogP contribution is -1.85. The molecule has 0 unspecified atom stereocenters. The highest BCUT2D eigenvalue weighted by molar-refractivity contribution is 5.87. The Hall–Kier alpha value is -2.03. The van der Waals surface area contributed by atoms with E-state index in [0.29, 0.717) is 0 Å². The largest absolute Gasteiger partial charge is 0.478 e. The molecule has 1 aromatic heterocycles. The van der Waals surface area contributed by atoms with Gasteiger partial charge >= 0.3 is 5.97 Å². The molecule has 0 spiro atoms. The maximum absolute atomic E-state index is 10.3. The third-order valence-corrected chi connectivity index (χ3v) is 2.00. The number of aromatic nitrogens is 1. The van der Waals surface area contributed by atoms with Crippen LogP contribution in [-0.2, 0) is 4.79 Å². The van der Waals surface area contributed by atoms with Crippen LogP contribution >= 0.6 is 0 Å². The Morgan fingerprint density at radius 2 is 2.21 bits per heavy atom. The molecule has 0 radical (unpaired) electrons. The highest BCUT2D eigenvalue weighted by Crippen LogP contribution is 2.14. The molecule has 0 saturated carbocycles. The molecule has 1 aromatic carbocycles. The molecule has 0 saturated heterocycles. The van der Waals surface area contributed by atoms with Crippen molar-refractivity contribution in [2.45, 2.75) is 0 Å². The first-order valence-electron chi connectivity index (χ1n) is 4.24. The molecule has 0 bridgehead atoms. The third kappa shape index (κ3) is 1.66. The van der Waals surface area contributed by atoms with Crippen LogP contribution in [0, 0.1) is 0 Å². The average Bonchev–Trinajstić information content (AvgIpc) is 2.61. The van der Waals surface area contributed by atoms with Crippen molar-refractivity contribution in [3.8, 4) is 0 Å². The van der Waals surface area contributed by atoms with Gasteiger partial charge in [-0.2, -0.15) is 0 Å². The second-order valence-electron chi connectivity index (χ2n) is 3.00. The summed E-state index contributed by atoms with van der Waals surface area (Å²) in [5.41, 5.74) is 1.89. The lowest BCUT2D eigenvalue weighted by atomic mass is 10.1. The van der Waals surface area contributed by atoms with Crippen LogP contribution < -0.4 is 0 Å². The summed E-state index contributed by atoms with van der Waals surface area (Å²) in [6.07, 6.45) is 4.56. The van der Waals surface area contributed by atoms with Crippen LogP contribution in [-0.4, -0.2) is 16.1 Å². The van der Waals surface area contributed by atoms with Gasteiger partial charge in [0.05, 0.1) is 0 Å². The molecule has 3 nitrogen and oxygen atoms in total. The van der Waals surface area contributed by atoms with E-state index >= 15 is 0 Å².